The molecule has 2 aromatic rings. The largest absolute Gasteiger partial charge is 0.450 e. The van der Waals surface area contributed by atoms with Crippen molar-refractivity contribution in [3.63, 3.8) is 0 Å². The fraction of sp³-hybridized carbons (Fsp3) is 0.500. The quantitative estimate of drug-likeness (QED) is 0.625. The molecule has 1 aromatic heterocycles. The molecule has 0 bridgehead atoms. The number of amides is 2. The third kappa shape index (κ3) is 6.76. The van der Waals surface area contributed by atoms with Crippen LogP contribution < -0.4 is 10.6 Å². The molecule has 2 amide bonds. The van der Waals surface area contributed by atoms with Crippen LogP contribution in [0.1, 0.15) is 44.1 Å². The zero-order chi connectivity index (χ0) is 22.3. The Labute approximate surface area is 183 Å². The summed E-state index contributed by atoms with van der Waals surface area (Å²) in [5.41, 5.74) is 3.50. The molecular weight excluding hydrogens is 404 g/mol. The number of hydrogen-bond donors (Lipinski definition) is 2. The average Bonchev–Trinajstić information content (AvgIpc) is 2.94. The number of carbonyl (C=O) groups excluding carboxylic acids is 2. The van der Waals surface area contributed by atoms with Gasteiger partial charge in [0.05, 0.1) is 24.4 Å². The number of ether oxygens (including phenoxy) is 1. The number of rotatable bonds is 9. The molecule has 0 saturated carbocycles. The molecule has 7 nitrogen and oxygen atoms in total. The number of aromatic nitrogens is 2. The van der Waals surface area contributed by atoms with Crippen LogP contribution in [0.25, 0.3) is 5.69 Å². The first kappa shape index (κ1) is 23.7. The summed E-state index contributed by atoms with van der Waals surface area (Å²) in [7, 11) is 0. The van der Waals surface area contributed by atoms with Gasteiger partial charge in [0.25, 0.3) is 0 Å². The minimum Gasteiger partial charge on any atom is -0.450 e. The highest BCUT2D eigenvalue weighted by Gasteiger charge is 2.19. The van der Waals surface area contributed by atoms with Gasteiger partial charge in [0.15, 0.2) is 0 Å². The van der Waals surface area contributed by atoms with E-state index in [0.717, 1.165) is 29.1 Å². The Morgan fingerprint density at radius 3 is 2.47 bits per heavy atom. The number of nitrogens with one attached hydrogen (secondary N) is 2. The van der Waals surface area contributed by atoms with Crippen LogP contribution in [0.5, 0.6) is 0 Å². The Balaban J connectivity index is 2.02. The van der Waals surface area contributed by atoms with Crippen LogP contribution >= 0.6 is 11.6 Å². The summed E-state index contributed by atoms with van der Waals surface area (Å²) in [4.78, 5) is 24.4. The molecule has 0 saturated heterocycles. The summed E-state index contributed by atoms with van der Waals surface area (Å²) in [6, 6.07) is 7.22. The molecule has 2 rings (SSSR count). The van der Waals surface area contributed by atoms with Crippen LogP contribution in [0.4, 0.5) is 4.79 Å². The summed E-state index contributed by atoms with van der Waals surface area (Å²) >= 11 is 5.97. The second-order valence-electron chi connectivity index (χ2n) is 7.71. The topological polar surface area (TPSA) is 85.2 Å². The molecule has 164 valence electrons. The molecule has 1 aromatic carbocycles. The molecule has 30 heavy (non-hydrogen) atoms. The van der Waals surface area contributed by atoms with E-state index in [1.165, 1.54) is 0 Å². The van der Waals surface area contributed by atoms with Crippen LogP contribution in [0.2, 0.25) is 5.02 Å². The lowest BCUT2D eigenvalue weighted by molar-refractivity contribution is -0.120. The molecule has 0 radical (unpaired) electrons. The molecule has 2 N–H and O–H groups in total. The van der Waals surface area contributed by atoms with Crippen molar-refractivity contribution in [1.29, 1.82) is 0 Å². The Morgan fingerprint density at radius 1 is 1.20 bits per heavy atom. The Hall–Kier alpha value is -2.54. The van der Waals surface area contributed by atoms with Crippen molar-refractivity contribution in [2.75, 3.05) is 13.2 Å². The van der Waals surface area contributed by atoms with E-state index in [1.54, 1.807) is 6.92 Å². The SMILES string of the molecule is CCOC(=O)NC(CNC(=O)Cc1c(C)nn(-c2ccc(Cl)cc2)c1C)CC(C)C. The van der Waals surface area contributed by atoms with Crippen molar-refractivity contribution in [2.24, 2.45) is 5.92 Å². The molecule has 0 aliphatic heterocycles. The van der Waals surface area contributed by atoms with Gasteiger partial charge >= 0.3 is 6.09 Å². The molecule has 1 heterocycles. The van der Waals surface area contributed by atoms with Crippen LogP contribution in [0.15, 0.2) is 24.3 Å². The van der Waals surface area contributed by atoms with E-state index in [9.17, 15) is 9.59 Å². The summed E-state index contributed by atoms with van der Waals surface area (Å²) in [5.74, 6) is 0.257. The molecular formula is C22H31ClN4O3. The van der Waals surface area contributed by atoms with E-state index in [-0.39, 0.29) is 18.4 Å². The normalized spacial score (nSPS) is 12.0. The molecule has 0 aliphatic rings. The third-order valence-electron chi connectivity index (χ3n) is 4.75. The lowest BCUT2D eigenvalue weighted by Gasteiger charge is -2.20. The summed E-state index contributed by atoms with van der Waals surface area (Å²) < 4.78 is 6.78. The summed E-state index contributed by atoms with van der Waals surface area (Å²) in [6.45, 7) is 10.4. The molecule has 1 atom stereocenters. The average molecular weight is 435 g/mol. The van der Waals surface area contributed by atoms with E-state index in [0.29, 0.717) is 24.1 Å². The molecule has 0 fully saturated rings. The van der Waals surface area contributed by atoms with Crippen molar-refractivity contribution < 1.29 is 14.3 Å². The number of alkyl carbamates (subject to hydrolysis) is 1. The first-order valence-electron chi connectivity index (χ1n) is 10.2. The second-order valence-corrected chi connectivity index (χ2v) is 8.15. The maximum Gasteiger partial charge on any atom is 0.407 e. The lowest BCUT2D eigenvalue weighted by Crippen LogP contribution is -2.45. The second kappa shape index (κ2) is 11.0. The molecule has 8 heteroatoms. The number of nitrogens with zero attached hydrogens (tertiary/aromatic N) is 2. The van der Waals surface area contributed by atoms with E-state index in [4.69, 9.17) is 16.3 Å². The number of halogens is 1. The fourth-order valence-corrected chi connectivity index (χ4v) is 3.45. The number of carbonyl (C=O) groups is 2. The van der Waals surface area contributed by atoms with Crippen LogP contribution in [0.3, 0.4) is 0 Å². The number of aryl methyl sites for hydroxylation is 1. The van der Waals surface area contributed by atoms with Gasteiger partial charge in [0.2, 0.25) is 5.91 Å². The van der Waals surface area contributed by atoms with E-state index < -0.39 is 6.09 Å². The smallest absolute Gasteiger partial charge is 0.407 e. The van der Waals surface area contributed by atoms with Gasteiger partial charge in [0.1, 0.15) is 0 Å². The van der Waals surface area contributed by atoms with E-state index >= 15 is 0 Å². The van der Waals surface area contributed by atoms with Gasteiger partial charge in [-0.25, -0.2) is 9.48 Å². The predicted molar refractivity (Wildman–Crippen MR) is 118 cm³/mol. The van der Waals surface area contributed by atoms with Gasteiger partial charge in [-0.3, -0.25) is 4.79 Å². The molecule has 0 spiro atoms. The monoisotopic (exact) mass is 434 g/mol. The summed E-state index contributed by atoms with van der Waals surface area (Å²) in [6.07, 6.45) is 0.498. The zero-order valence-corrected chi connectivity index (χ0v) is 19.0. The zero-order valence-electron chi connectivity index (χ0n) is 18.3. The van der Waals surface area contributed by atoms with Gasteiger partial charge < -0.3 is 15.4 Å². The van der Waals surface area contributed by atoms with Crippen LogP contribution in [-0.2, 0) is 16.0 Å². The van der Waals surface area contributed by atoms with Crippen LogP contribution in [0, 0.1) is 19.8 Å². The van der Waals surface area contributed by atoms with Crippen LogP contribution in [-0.4, -0.2) is 41.0 Å². The highest BCUT2D eigenvalue weighted by Crippen LogP contribution is 2.20. The molecule has 0 aliphatic carbocycles. The highest BCUT2D eigenvalue weighted by molar-refractivity contribution is 6.30. The first-order chi connectivity index (χ1) is 14.2. The minimum atomic E-state index is -0.465. The van der Waals surface area contributed by atoms with Gasteiger partial charge in [-0.05, 0) is 57.4 Å². The first-order valence-corrected chi connectivity index (χ1v) is 10.6. The van der Waals surface area contributed by atoms with Gasteiger partial charge in [-0.15, -0.1) is 0 Å². The Bertz CT molecular complexity index is 862. The standard InChI is InChI=1S/C22H31ClN4O3/c1-6-30-22(29)25-18(11-14(2)3)13-24-21(28)12-20-15(4)26-27(16(20)5)19-9-7-17(23)8-10-19/h7-10,14,18H,6,11-13H2,1-5H3,(H,24,28)(H,25,29). The van der Waals surface area contributed by atoms with Crippen molar-refractivity contribution in [2.45, 2.75) is 53.5 Å². The third-order valence-corrected chi connectivity index (χ3v) is 5.00. The lowest BCUT2D eigenvalue weighted by atomic mass is 10.0. The van der Waals surface area contributed by atoms with E-state index in [2.05, 4.69) is 29.6 Å². The number of hydrogen-bond acceptors (Lipinski definition) is 4. The Morgan fingerprint density at radius 2 is 1.87 bits per heavy atom. The number of benzene rings is 1. The van der Waals surface area contributed by atoms with Crippen molar-refractivity contribution in [3.05, 3.63) is 46.2 Å². The molecule has 1 unspecified atom stereocenters. The van der Waals surface area contributed by atoms with Gasteiger partial charge in [0, 0.05) is 28.9 Å². The van der Waals surface area contributed by atoms with Crippen molar-refractivity contribution in [3.8, 4) is 5.69 Å². The highest BCUT2D eigenvalue weighted by atomic mass is 35.5. The van der Waals surface area contributed by atoms with Gasteiger partial charge in [-0.1, -0.05) is 25.4 Å². The summed E-state index contributed by atoms with van der Waals surface area (Å²) in [5, 5.41) is 11.0. The minimum absolute atomic E-state index is 0.115. The van der Waals surface area contributed by atoms with Crippen molar-refractivity contribution >= 4 is 23.6 Å². The maximum absolute atomic E-state index is 12.6. The van der Waals surface area contributed by atoms with Crippen molar-refractivity contribution in [1.82, 2.24) is 20.4 Å². The Kier molecular flexibility index (Phi) is 8.72. The fourth-order valence-electron chi connectivity index (χ4n) is 3.33. The maximum atomic E-state index is 12.6. The predicted octanol–water partition coefficient (Wildman–Crippen LogP) is 3.96. The van der Waals surface area contributed by atoms with Gasteiger partial charge in [-0.2, -0.15) is 5.10 Å². The van der Waals surface area contributed by atoms with E-state index in [1.807, 2.05) is 42.8 Å².